The van der Waals surface area contributed by atoms with Crippen LogP contribution < -0.4 is 4.74 Å². The average Bonchev–Trinajstić information content (AvgIpc) is 3.27. The highest BCUT2D eigenvalue weighted by molar-refractivity contribution is 7.19. The number of amides is 1. The molecule has 3 rings (SSSR count). The number of likely N-dealkylation sites (N-methyl/N-ethyl adjacent to an activating group) is 2. The zero-order chi connectivity index (χ0) is 28.8. The van der Waals surface area contributed by atoms with Crippen LogP contribution in [0.5, 0.6) is 5.75 Å². The molecule has 10 heteroatoms. The highest BCUT2D eigenvalue weighted by atomic mass is 32.1. The second kappa shape index (κ2) is 12.7. The van der Waals surface area contributed by atoms with Gasteiger partial charge in [0.1, 0.15) is 11.8 Å². The van der Waals surface area contributed by atoms with Gasteiger partial charge in [-0.1, -0.05) is 13.8 Å². The number of aromatic nitrogens is 1. The van der Waals surface area contributed by atoms with Gasteiger partial charge in [0.25, 0.3) is 6.47 Å². The summed E-state index contributed by atoms with van der Waals surface area (Å²) in [5.74, 6) is 0.230. The van der Waals surface area contributed by atoms with Crippen molar-refractivity contribution in [3.8, 4) is 11.8 Å². The Bertz CT molecular complexity index is 1360. The van der Waals surface area contributed by atoms with E-state index >= 15 is 0 Å². The lowest BCUT2D eigenvalue weighted by molar-refractivity contribution is -0.132. The maximum Gasteiger partial charge on any atom is 0.298 e. The Labute approximate surface area is 227 Å². The number of allylic oxidation sites excluding steroid dienone is 4. The van der Waals surface area contributed by atoms with Crippen LogP contribution in [0.15, 0.2) is 40.5 Å². The topological polar surface area (TPSA) is 121 Å². The van der Waals surface area contributed by atoms with Gasteiger partial charge in [-0.05, 0) is 47.0 Å². The van der Waals surface area contributed by atoms with E-state index in [4.69, 9.17) is 5.26 Å². The number of Topliss-reactive ketones (excluding diaryl/α,β-unsaturated/α-hetero) is 2. The van der Waals surface area contributed by atoms with Gasteiger partial charge >= 0.3 is 0 Å². The smallest absolute Gasteiger partial charge is 0.298 e. The molecule has 0 atom stereocenters. The maximum atomic E-state index is 12.7. The van der Waals surface area contributed by atoms with Crippen molar-refractivity contribution >= 4 is 45.5 Å². The first-order chi connectivity index (χ1) is 17.7. The molecule has 38 heavy (non-hydrogen) atoms. The fourth-order valence-corrected chi connectivity index (χ4v) is 4.86. The van der Waals surface area contributed by atoms with Gasteiger partial charge < -0.3 is 14.5 Å². The fourth-order valence-electron chi connectivity index (χ4n) is 4.07. The zero-order valence-corrected chi connectivity index (χ0v) is 24.0. The molecule has 0 aliphatic heterocycles. The van der Waals surface area contributed by atoms with E-state index < -0.39 is 5.41 Å². The number of hydrogen-bond donors (Lipinski definition) is 0. The van der Waals surface area contributed by atoms with Crippen LogP contribution in [0.2, 0.25) is 0 Å². The van der Waals surface area contributed by atoms with E-state index in [1.165, 1.54) is 11.3 Å². The molecule has 1 aromatic heterocycles. The Hall–Kier alpha value is -3.68. The van der Waals surface area contributed by atoms with Crippen LogP contribution in [-0.2, 0) is 19.2 Å². The number of ketones is 2. The molecule has 1 amide bonds. The monoisotopic (exact) mass is 538 g/mol. The van der Waals surface area contributed by atoms with Crippen LogP contribution in [0.3, 0.4) is 0 Å². The van der Waals surface area contributed by atoms with Crippen molar-refractivity contribution in [3.63, 3.8) is 0 Å². The second-order valence-electron chi connectivity index (χ2n) is 10.1. The quantitative estimate of drug-likeness (QED) is 0.366. The first-order valence-corrected chi connectivity index (χ1v) is 12.8. The van der Waals surface area contributed by atoms with E-state index in [0.717, 1.165) is 16.8 Å². The molecule has 1 aliphatic carbocycles. The molecular formula is C28H34N4O5S. The predicted octanol–water partition coefficient (Wildman–Crippen LogP) is 3.93. The van der Waals surface area contributed by atoms with Gasteiger partial charge in [0.15, 0.2) is 16.6 Å². The van der Waals surface area contributed by atoms with Gasteiger partial charge in [0, 0.05) is 60.3 Å². The Balaban J connectivity index is 0.000000304. The Kier molecular flexibility index (Phi) is 10.2. The highest BCUT2D eigenvalue weighted by Crippen LogP contribution is 2.39. The zero-order valence-electron chi connectivity index (χ0n) is 23.2. The first-order valence-electron chi connectivity index (χ1n) is 12.0. The third kappa shape index (κ3) is 7.21. The van der Waals surface area contributed by atoms with E-state index in [9.17, 15) is 19.2 Å². The standard InChI is InChI=1S/C19H30N2O3.C9H4N2O2S/c1-12-13(2)18(24)16(14(3)17(12)23)19(4,5)11-15(22)21(8)10-9-20(6)7;10-4-9-11-7-2-1-6(13-5-12)3-8(7)14-9/h9-11H2,1-8H3;1-3,5H. The summed E-state index contributed by atoms with van der Waals surface area (Å²) in [6.07, 6.45) is 0.203. The van der Waals surface area contributed by atoms with E-state index in [1.54, 1.807) is 50.9 Å². The van der Waals surface area contributed by atoms with Crippen molar-refractivity contribution in [2.75, 3.05) is 34.2 Å². The molecule has 0 saturated carbocycles. The van der Waals surface area contributed by atoms with Crippen LogP contribution in [0.1, 0.15) is 46.0 Å². The van der Waals surface area contributed by atoms with E-state index in [2.05, 4.69) is 9.72 Å². The fraction of sp³-hybridized carbons (Fsp3) is 0.429. The largest absolute Gasteiger partial charge is 0.429 e. The number of carbonyl (C=O) groups excluding carboxylic acids is 4. The summed E-state index contributed by atoms with van der Waals surface area (Å²) in [6.45, 7) is 10.6. The molecule has 9 nitrogen and oxygen atoms in total. The number of hydrogen-bond acceptors (Lipinski definition) is 9. The summed E-state index contributed by atoms with van der Waals surface area (Å²) in [4.78, 5) is 55.4. The molecule has 202 valence electrons. The highest BCUT2D eigenvalue weighted by Gasteiger charge is 2.38. The molecule has 2 aromatic rings. The summed E-state index contributed by atoms with van der Waals surface area (Å²) in [6, 6.07) is 7.00. The molecule has 0 N–H and O–H groups in total. The normalized spacial score (nSPS) is 13.9. The minimum Gasteiger partial charge on any atom is -0.429 e. The molecule has 1 aromatic carbocycles. The van der Waals surface area contributed by atoms with E-state index in [-0.39, 0.29) is 23.9 Å². The number of benzene rings is 1. The molecule has 0 unspecified atom stereocenters. The van der Waals surface area contributed by atoms with Crippen molar-refractivity contribution in [2.24, 2.45) is 5.41 Å². The van der Waals surface area contributed by atoms with Gasteiger partial charge in [0.2, 0.25) is 5.91 Å². The van der Waals surface area contributed by atoms with Crippen molar-refractivity contribution in [3.05, 3.63) is 45.5 Å². The van der Waals surface area contributed by atoms with Crippen LogP contribution in [0.25, 0.3) is 10.2 Å². The van der Waals surface area contributed by atoms with Crippen LogP contribution in [-0.4, -0.2) is 73.0 Å². The number of nitrogens with zero attached hydrogens (tertiary/aromatic N) is 4. The molecule has 0 radical (unpaired) electrons. The maximum absolute atomic E-state index is 12.7. The summed E-state index contributed by atoms with van der Waals surface area (Å²) in [7, 11) is 5.69. The van der Waals surface area contributed by atoms with Crippen LogP contribution >= 0.6 is 11.3 Å². The molecule has 0 fully saturated rings. The van der Waals surface area contributed by atoms with Crippen molar-refractivity contribution in [1.82, 2.24) is 14.8 Å². The average molecular weight is 539 g/mol. The lowest BCUT2D eigenvalue weighted by Gasteiger charge is -2.33. The summed E-state index contributed by atoms with van der Waals surface area (Å²) < 4.78 is 5.51. The summed E-state index contributed by atoms with van der Waals surface area (Å²) >= 11 is 1.27. The lowest BCUT2D eigenvalue weighted by Crippen LogP contribution is -2.38. The Morgan fingerprint density at radius 1 is 1.08 bits per heavy atom. The number of rotatable bonds is 8. The number of fused-ring (bicyclic) bond motifs is 1. The van der Waals surface area contributed by atoms with Crippen molar-refractivity contribution < 1.29 is 23.9 Å². The summed E-state index contributed by atoms with van der Waals surface area (Å²) in [5.41, 5.74) is 2.00. The van der Waals surface area contributed by atoms with Crippen LogP contribution in [0, 0.1) is 16.7 Å². The first kappa shape index (κ1) is 30.5. The van der Waals surface area contributed by atoms with Gasteiger partial charge in [-0.25, -0.2) is 4.98 Å². The van der Waals surface area contributed by atoms with Gasteiger partial charge in [-0.15, -0.1) is 11.3 Å². The number of carbonyl (C=O) groups is 4. The molecule has 0 spiro atoms. The van der Waals surface area contributed by atoms with Crippen LogP contribution in [0.4, 0.5) is 0 Å². The van der Waals surface area contributed by atoms with Crippen molar-refractivity contribution in [2.45, 2.75) is 41.0 Å². The van der Waals surface area contributed by atoms with E-state index in [0.29, 0.717) is 46.1 Å². The van der Waals surface area contributed by atoms with E-state index in [1.807, 2.05) is 38.9 Å². The van der Waals surface area contributed by atoms with Gasteiger partial charge in [-0.3, -0.25) is 19.2 Å². The molecule has 0 bridgehead atoms. The molecule has 1 aliphatic rings. The lowest BCUT2D eigenvalue weighted by atomic mass is 9.71. The second-order valence-corrected chi connectivity index (χ2v) is 11.1. The number of thiazole rings is 1. The molecular weight excluding hydrogens is 504 g/mol. The molecule has 0 saturated heterocycles. The Morgan fingerprint density at radius 3 is 2.29 bits per heavy atom. The minimum atomic E-state index is -0.678. The molecule has 1 heterocycles. The SMILES string of the molecule is CC1=C(C)C(=O)C(C(C)(C)CC(=O)N(C)CCN(C)C)=C(C)C1=O.N#Cc1nc2ccc(OC=O)cc2s1. The summed E-state index contributed by atoms with van der Waals surface area (Å²) in [5, 5.41) is 9.03. The van der Waals surface area contributed by atoms with Gasteiger partial charge in [-0.2, -0.15) is 5.26 Å². The number of nitriles is 1. The predicted molar refractivity (Wildman–Crippen MR) is 147 cm³/mol. The Morgan fingerprint density at radius 2 is 1.71 bits per heavy atom. The third-order valence-corrected chi connectivity index (χ3v) is 7.33. The third-order valence-electron chi connectivity index (χ3n) is 6.40. The van der Waals surface area contributed by atoms with Gasteiger partial charge in [0.05, 0.1) is 10.2 Å². The number of ether oxygens (including phenoxy) is 1. The minimum absolute atomic E-state index is 0.0219. The van der Waals surface area contributed by atoms with Crippen molar-refractivity contribution in [1.29, 1.82) is 5.26 Å².